The Kier molecular flexibility index (Phi) is 2.59. The quantitative estimate of drug-likeness (QED) is 0.730. The van der Waals surface area contributed by atoms with Gasteiger partial charge in [0.1, 0.15) is 5.75 Å². The van der Waals surface area contributed by atoms with Crippen molar-refractivity contribution in [1.82, 2.24) is 0 Å². The van der Waals surface area contributed by atoms with E-state index in [0.717, 1.165) is 23.2 Å². The molecule has 0 amide bonds. The van der Waals surface area contributed by atoms with Gasteiger partial charge in [-0.25, -0.2) is 0 Å². The monoisotopic (exact) mass is 199 g/mol. The molecule has 0 fully saturated rings. The summed E-state index contributed by atoms with van der Waals surface area (Å²) in [5.74, 6) is 0.342. The fraction of sp³-hybridized carbons (Fsp3) is 0.0769. The zero-order valence-corrected chi connectivity index (χ0v) is 8.35. The van der Waals surface area contributed by atoms with Crippen molar-refractivity contribution in [1.29, 1.82) is 0 Å². The summed E-state index contributed by atoms with van der Waals surface area (Å²) in [7, 11) is 0. The molecule has 2 aromatic rings. The highest BCUT2D eigenvalue weighted by atomic mass is 16.3. The minimum Gasteiger partial charge on any atom is -0.508 e. The van der Waals surface area contributed by atoms with E-state index >= 15 is 0 Å². The Morgan fingerprint density at radius 3 is 2.27 bits per heavy atom. The average Bonchev–Trinajstić information content (AvgIpc) is 2.25. The maximum absolute atomic E-state index is 9.60. The molecule has 0 aliphatic heterocycles. The first-order valence-corrected chi connectivity index (χ1v) is 4.87. The minimum atomic E-state index is 0.342. The lowest BCUT2D eigenvalue weighted by molar-refractivity contribution is 0.469. The zero-order chi connectivity index (χ0) is 10.7. The van der Waals surface area contributed by atoms with Crippen molar-refractivity contribution in [2.24, 2.45) is 0 Å². The van der Waals surface area contributed by atoms with E-state index in [2.05, 4.69) is 0 Å². The number of hydrogen-bond acceptors (Lipinski definition) is 2. The average molecular weight is 199 g/mol. The van der Waals surface area contributed by atoms with Gasteiger partial charge in [-0.05, 0) is 29.3 Å². The molecule has 0 unspecified atom stereocenters. The van der Waals surface area contributed by atoms with Gasteiger partial charge in [-0.1, -0.05) is 30.3 Å². The van der Waals surface area contributed by atoms with Crippen LogP contribution in [0.3, 0.4) is 0 Å². The van der Waals surface area contributed by atoms with Crippen LogP contribution in [0, 0.1) is 0 Å². The number of nitrogen functional groups attached to an aromatic ring is 1. The number of nitrogens with two attached hydrogens (primary N) is 1. The summed E-state index contributed by atoms with van der Waals surface area (Å²) >= 11 is 0. The summed E-state index contributed by atoms with van der Waals surface area (Å²) in [5, 5.41) is 9.60. The zero-order valence-electron chi connectivity index (χ0n) is 8.35. The van der Waals surface area contributed by atoms with Gasteiger partial charge in [-0.15, -0.1) is 0 Å². The van der Waals surface area contributed by atoms with Gasteiger partial charge in [0.05, 0.1) is 0 Å². The lowest BCUT2D eigenvalue weighted by atomic mass is 10.0. The molecule has 0 spiro atoms. The highest BCUT2D eigenvalue weighted by molar-refractivity contribution is 5.42. The van der Waals surface area contributed by atoms with Gasteiger partial charge in [0.25, 0.3) is 0 Å². The van der Waals surface area contributed by atoms with Gasteiger partial charge in [-0.2, -0.15) is 0 Å². The number of rotatable bonds is 2. The van der Waals surface area contributed by atoms with Crippen molar-refractivity contribution < 1.29 is 5.11 Å². The third kappa shape index (κ3) is 2.29. The van der Waals surface area contributed by atoms with Crippen LogP contribution in [0.15, 0.2) is 48.5 Å². The molecule has 0 saturated heterocycles. The van der Waals surface area contributed by atoms with Gasteiger partial charge in [0, 0.05) is 12.1 Å². The summed E-state index contributed by atoms with van der Waals surface area (Å²) < 4.78 is 0. The van der Waals surface area contributed by atoms with Crippen molar-refractivity contribution in [3.63, 3.8) is 0 Å². The Hall–Kier alpha value is -1.96. The second-order valence-electron chi connectivity index (χ2n) is 3.55. The third-order valence-electron chi connectivity index (χ3n) is 2.37. The first-order valence-electron chi connectivity index (χ1n) is 4.87. The Morgan fingerprint density at radius 2 is 1.60 bits per heavy atom. The molecule has 0 saturated carbocycles. The van der Waals surface area contributed by atoms with Crippen molar-refractivity contribution in [2.45, 2.75) is 6.42 Å². The Labute approximate surface area is 89.0 Å². The maximum atomic E-state index is 9.60. The van der Waals surface area contributed by atoms with Crippen LogP contribution < -0.4 is 5.73 Å². The summed E-state index contributed by atoms with van der Waals surface area (Å²) in [6, 6.07) is 15.1. The SMILES string of the molecule is Nc1ccc(Cc2ccccc2O)cc1. The van der Waals surface area contributed by atoms with E-state index in [4.69, 9.17) is 5.73 Å². The van der Waals surface area contributed by atoms with Crippen LogP contribution in [0.2, 0.25) is 0 Å². The molecule has 0 aliphatic carbocycles. The molecule has 15 heavy (non-hydrogen) atoms. The van der Waals surface area contributed by atoms with Gasteiger partial charge in [0.2, 0.25) is 0 Å². The smallest absolute Gasteiger partial charge is 0.119 e. The predicted octanol–water partition coefficient (Wildman–Crippen LogP) is 2.57. The molecular weight excluding hydrogens is 186 g/mol. The largest absolute Gasteiger partial charge is 0.508 e. The normalized spacial score (nSPS) is 10.1. The van der Waals surface area contributed by atoms with Crippen LogP contribution in [0.1, 0.15) is 11.1 Å². The molecule has 2 heteroatoms. The van der Waals surface area contributed by atoms with E-state index in [-0.39, 0.29) is 0 Å². The van der Waals surface area contributed by atoms with Crippen LogP contribution in [-0.2, 0) is 6.42 Å². The molecule has 76 valence electrons. The van der Waals surface area contributed by atoms with Crippen LogP contribution in [0.5, 0.6) is 5.75 Å². The Bertz CT molecular complexity index is 448. The molecule has 2 nitrogen and oxygen atoms in total. The molecule has 0 bridgehead atoms. The summed E-state index contributed by atoms with van der Waals surface area (Å²) in [6.45, 7) is 0. The van der Waals surface area contributed by atoms with Crippen molar-refractivity contribution >= 4 is 5.69 Å². The molecule has 2 rings (SSSR count). The van der Waals surface area contributed by atoms with Crippen LogP contribution in [0.25, 0.3) is 0 Å². The predicted molar refractivity (Wildman–Crippen MR) is 61.8 cm³/mol. The fourth-order valence-corrected chi connectivity index (χ4v) is 1.52. The number of benzene rings is 2. The van der Waals surface area contributed by atoms with Crippen molar-refractivity contribution in [3.05, 3.63) is 59.7 Å². The minimum absolute atomic E-state index is 0.342. The standard InChI is InChI=1S/C13H13NO/c14-12-7-5-10(6-8-12)9-11-3-1-2-4-13(11)15/h1-8,15H,9,14H2. The highest BCUT2D eigenvalue weighted by Gasteiger charge is 2.00. The molecule has 0 heterocycles. The van der Waals surface area contributed by atoms with E-state index in [0.29, 0.717) is 5.75 Å². The lowest BCUT2D eigenvalue weighted by Gasteiger charge is -2.04. The van der Waals surface area contributed by atoms with Gasteiger partial charge >= 0.3 is 0 Å². The van der Waals surface area contributed by atoms with Gasteiger partial charge < -0.3 is 10.8 Å². The number of aromatic hydroxyl groups is 1. The Balaban J connectivity index is 2.22. The topological polar surface area (TPSA) is 46.2 Å². The van der Waals surface area contributed by atoms with Crippen molar-refractivity contribution in [3.8, 4) is 5.75 Å². The maximum Gasteiger partial charge on any atom is 0.119 e. The van der Waals surface area contributed by atoms with E-state index in [1.54, 1.807) is 6.07 Å². The van der Waals surface area contributed by atoms with E-state index in [1.807, 2.05) is 42.5 Å². The van der Waals surface area contributed by atoms with Crippen molar-refractivity contribution in [2.75, 3.05) is 5.73 Å². The highest BCUT2D eigenvalue weighted by Crippen LogP contribution is 2.19. The van der Waals surface area contributed by atoms with E-state index < -0.39 is 0 Å². The lowest BCUT2D eigenvalue weighted by Crippen LogP contribution is -1.90. The second kappa shape index (κ2) is 4.05. The number of hydrogen-bond donors (Lipinski definition) is 2. The Morgan fingerprint density at radius 1 is 0.933 bits per heavy atom. The van der Waals surface area contributed by atoms with E-state index in [1.165, 1.54) is 0 Å². The molecule has 0 aliphatic rings. The molecule has 0 atom stereocenters. The number of para-hydroxylation sites is 1. The summed E-state index contributed by atoms with van der Waals surface area (Å²) in [4.78, 5) is 0. The number of phenols is 1. The fourth-order valence-electron chi connectivity index (χ4n) is 1.52. The van der Waals surface area contributed by atoms with Gasteiger partial charge in [0.15, 0.2) is 0 Å². The second-order valence-corrected chi connectivity index (χ2v) is 3.55. The summed E-state index contributed by atoms with van der Waals surface area (Å²) in [5.41, 5.74) is 8.44. The van der Waals surface area contributed by atoms with Gasteiger partial charge in [-0.3, -0.25) is 0 Å². The number of anilines is 1. The molecular formula is C13H13NO. The van der Waals surface area contributed by atoms with E-state index in [9.17, 15) is 5.11 Å². The molecule has 2 aromatic carbocycles. The van der Waals surface area contributed by atoms with Crippen LogP contribution in [-0.4, -0.2) is 5.11 Å². The third-order valence-corrected chi connectivity index (χ3v) is 2.37. The number of phenolic OH excluding ortho intramolecular Hbond substituents is 1. The summed E-state index contributed by atoms with van der Waals surface area (Å²) in [6.07, 6.45) is 0.729. The van der Waals surface area contributed by atoms with Crippen LogP contribution >= 0.6 is 0 Å². The molecule has 0 aromatic heterocycles. The molecule has 3 N–H and O–H groups in total. The molecule has 0 radical (unpaired) electrons. The first kappa shape index (κ1) is 9.59. The van der Waals surface area contributed by atoms with Crippen LogP contribution in [0.4, 0.5) is 5.69 Å². The first-order chi connectivity index (χ1) is 7.25.